The first-order chi connectivity index (χ1) is 13.3. The van der Waals surface area contributed by atoms with Gasteiger partial charge in [-0.05, 0) is 49.7 Å². The molecule has 150 valence electrons. The van der Waals surface area contributed by atoms with Crippen LogP contribution in [-0.4, -0.2) is 56.3 Å². The lowest BCUT2D eigenvalue weighted by molar-refractivity contribution is -0.117. The van der Waals surface area contributed by atoms with Crippen molar-refractivity contribution in [3.05, 3.63) is 58.1 Å². The average Bonchev–Trinajstić information content (AvgIpc) is 2.65. The van der Waals surface area contributed by atoms with Gasteiger partial charge in [-0.25, -0.2) is 8.42 Å². The molecule has 0 bridgehead atoms. The molecular formula is C20H24BrN3O3S. The Morgan fingerprint density at radius 1 is 1.04 bits per heavy atom. The third kappa shape index (κ3) is 5.00. The standard InChI is InChI=1S/C20H24BrN3O3S/c1-15-3-6-18(7-4-15)28(26,27)24-11-9-23(10-12-24)14-20(25)22-19-8-5-17(21)13-16(19)2/h3-8,13H,9-12,14H2,1-2H3,(H,22,25). The Hall–Kier alpha value is -1.74. The Kier molecular flexibility index (Phi) is 6.54. The highest BCUT2D eigenvalue weighted by molar-refractivity contribution is 9.10. The monoisotopic (exact) mass is 465 g/mol. The molecule has 0 aliphatic carbocycles. The summed E-state index contributed by atoms with van der Waals surface area (Å²) >= 11 is 3.41. The van der Waals surface area contributed by atoms with Gasteiger partial charge in [0.2, 0.25) is 15.9 Å². The maximum atomic E-state index is 12.8. The summed E-state index contributed by atoms with van der Waals surface area (Å²) in [6, 6.07) is 12.6. The molecule has 0 atom stereocenters. The van der Waals surface area contributed by atoms with E-state index in [0.29, 0.717) is 31.1 Å². The van der Waals surface area contributed by atoms with E-state index in [1.54, 1.807) is 24.3 Å². The number of nitrogens with one attached hydrogen (secondary N) is 1. The fourth-order valence-corrected chi connectivity index (χ4v) is 5.05. The van der Waals surface area contributed by atoms with Crippen LogP contribution in [0.2, 0.25) is 0 Å². The van der Waals surface area contributed by atoms with Crippen LogP contribution >= 0.6 is 15.9 Å². The highest BCUT2D eigenvalue weighted by atomic mass is 79.9. The zero-order valence-corrected chi connectivity index (χ0v) is 18.4. The van der Waals surface area contributed by atoms with Crippen LogP contribution in [0.4, 0.5) is 5.69 Å². The summed E-state index contributed by atoms with van der Waals surface area (Å²) < 4.78 is 28.0. The van der Waals surface area contributed by atoms with Crippen molar-refractivity contribution in [2.45, 2.75) is 18.7 Å². The largest absolute Gasteiger partial charge is 0.325 e. The van der Waals surface area contributed by atoms with Crippen LogP contribution < -0.4 is 5.32 Å². The number of hydrogen-bond donors (Lipinski definition) is 1. The van der Waals surface area contributed by atoms with Gasteiger partial charge in [0.05, 0.1) is 11.4 Å². The Morgan fingerprint density at radius 3 is 2.29 bits per heavy atom. The van der Waals surface area contributed by atoms with Gasteiger partial charge in [-0.1, -0.05) is 33.6 Å². The van der Waals surface area contributed by atoms with Crippen LogP contribution in [0.25, 0.3) is 0 Å². The molecule has 2 aromatic rings. The first-order valence-electron chi connectivity index (χ1n) is 9.11. The smallest absolute Gasteiger partial charge is 0.243 e. The number of hydrogen-bond acceptors (Lipinski definition) is 4. The van der Waals surface area contributed by atoms with E-state index in [2.05, 4.69) is 21.2 Å². The van der Waals surface area contributed by atoms with Crippen molar-refractivity contribution in [2.75, 3.05) is 38.0 Å². The van der Waals surface area contributed by atoms with Crippen molar-refractivity contribution in [1.29, 1.82) is 0 Å². The lowest BCUT2D eigenvalue weighted by atomic mass is 10.2. The van der Waals surface area contributed by atoms with Crippen LogP contribution in [-0.2, 0) is 14.8 Å². The summed E-state index contributed by atoms with van der Waals surface area (Å²) in [6.07, 6.45) is 0. The maximum Gasteiger partial charge on any atom is 0.243 e. The predicted octanol–water partition coefficient (Wildman–Crippen LogP) is 3.01. The number of anilines is 1. The van der Waals surface area contributed by atoms with Crippen molar-refractivity contribution in [3.8, 4) is 0 Å². The Labute approximate surface area is 174 Å². The molecule has 1 aliphatic rings. The van der Waals surface area contributed by atoms with Crippen LogP contribution in [0, 0.1) is 13.8 Å². The van der Waals surface area contributed by atoms with Crippen molar-refractivity contribution >= 4 is 37.5 Å². The minimum Gasteiger partial charge on any atom is -0.325 e. The molecule has 1 saturated heterocycles. The quantitative estimate of drug-likeness (QED) is 0.736. The van der Waals surface area contributed by atoms with Gasteiger partial charge < -0.3 is 5.32 Å². The van der Waals surface area contributed by atoms with Gasteiger partial charge in [-0.2, -0.15) is 4.31 Å². The molecule has 1 amide bonds. The van der Waals surface area contributed by atoms with Crippen molar-refractivity contribution < 1.29 is 13.2 Å². The Balaban J connectivity index is 1.55. The number of sulfonamides is 1. The van der Waals surface area contributed by atoms with Crippen molar-refractivity contribution in [2.24, 2.45) is 0 Å². The third-order valence-corrected chi connectivity index (χ3v) is 7.23. The van der Waals surface area contributed by atoms with Gasteiger partial charge in [0.25, 0.3) is 0 Å². The second kappa shape index (κ2) is 8.73. The van der Waals surface area contributed by atoms with Gasteiger partial charge >= 0.3 is 0 Å². The minimum atomic E-state index is -3.49. The molecule has 0 aromatic heterocycles. The van der Waals surface area contributed by atoms with Gasteiger partial charge in [0, 0.05) is 36.3 Å². The molecule has 0 unspecified atom stereocenters. The first-order valence-corrected chi connectivity index (χ1v) is 11.3. The van der Waals surface area contributed by atoms with E-state index in [-0.39, 0.29) is 12.5 Å². The summed E-state index contributed by atoms with van der Waals surface area (Å²) in [4.78, 5) is 14.6. The van der Waals surface area contributed by atoms with Crippen LogP contribution in [0.5, 0.6) is 0 Å². The fourth-order valence-electron chi connectivity index (χ4n) is 3.15. The SMILES string of the molecule is Cc1ccc(S(=O)(=O)N2CCN(CC(=O)Nc3ccc(Br)cc3C)CC2)cc1. The van der Waals surface area contributed by atoms with Crippen LogP contribution in [0.1, 0.15) is 11.1 Å². The zero-order valence-electron chi connectivity index (χ0n) is 16.0. The van der Waals surface area contributed by atoms with E-state index >= 15 is 0 Å². The topological polar surface area (TPSA) is 69.7 Å². The third-order valence-electron chi connectivity index (χ3n) is 4.82. The number of nitrogens with zero attached hydrogens (tertiary/aromatic N) is 2. The Bertz CT molecular complexity index is 953. The summed E-state index contributed by atoms with van der Waals surface area (Å²) in [7, 11) is -3.49. The summed E-state index contributed by atoms with van der Waals surface area (Å²) in [5.41, 5.74) is 2.79. The summed E-state index contributed by atoms with van der Waals surface area (Å²) in [6.45, 7) is 5.91. The molecule has 3 rings (SSSR count). The molecule has 1 N–H and O–H groups in total. The number of halogens is 1. The predicted molar refractivity (Wildman–Crippen MR) is 114 cm³/mol. The highest BCUT2D eigenvalue weighted by Gasteiger charge is 2.29. The van der Waals surface area contributed by atoms with Gasteiger partial charge in [0.15, 0.2) is 0 Å². The average molecular weight is 466 g/mol. The molecule has 1 heterocycles. The lowest BCUT2D eigenvalue weighted by Crippen LogP contribution is -2.50. The number of rotatable bonds is 5. The fraction of sp³-hybridized carbons (Fsp3) is 0.350. The molecule has 1 fully saturated rings. The molecule has 2 aromatic carbocycles. The van der Waals surface area contributed by atoms with Gasteiger partial charge in [0.1, 0.15) is 0 Å². The van der Waals surface area contributed by atoms with Gasteiger partial charge in [-0.15, -0.1) is 0 Å². The molecule has 1 aliphatic heterocycles. The maximum absolute atomic E-state index is 12.8. The van der Waals surface area contributed by atoms with E-state index in [9.17, 15) is 13.2 Å². The zero-order chi connectivity index (χ0) is 20.3. The molecule has 28 heavy (non-hydrogen) atoms. The number of aryl methyl sites for hydroxylation is 2. The molecule has 8 heteroatoms. The van der Waals surface area contributed by atoms with E-state index in [1.165, 1.54) is 4.31 Å². The number of benzene rings is 2. The van der Waals surface area contributed by atoms with E-state index < -0.39 is 10.0 Å². The molecular weight excluding hydrogens is 442 g/mol. The van der Waals surface area contributed by atoms with Crippen LogP contribution in [0.15, 0.2) is 51.8 Å². The number of carbonyl (C=O) groups is 1. The number of carbonyl (C=O) groups excluding carboxylic acids is 1. The molecule has 0 spiro atoms. The van der Waals surface area contributed by atoms with E-state index in [1.807, 2.05) is 36.9 Å². The highest BCUT2D eigenvalue weighted by Crippen LogP contribution is 2.21. The Morgan fingerprint density at radius 2 is 1.68 bits per heavy atom. The van der Waals surface area contributed by atoms with E-state index in [0.717, 1.165) is 21.3 Å². The van der Waals surface area contributed by atoms with Crippen LogP contribution in [0.3, 0.4) is 0 Å². The summed E-state index contributed by atoms with van der Waals surface area (Å²) in [5.74, 6) is -0.0970. The first kappa shape index (κ1) is 21.0. The lowest BCUT2D eigenvalue weighted by Gasteiger charge is -2.33. The number of piperazine rings is 1. The van der Waals surface area contributed by atoms with Gasteiger partial charge in [-0.3, -0.25) is 9.69 Å². The minimum absolute atomic E-state index is 0.0970. The normalized spacial score (nSPS) is 16.1. The van der Waals surface area contributed by atoms with Crippen molar-refractivity contribution in [1.82, 2.24) is 9.21 Å². The second-order valence-electron chi connectivity index (χ2n) is 7.00. The second-order valence-corrected chi connectivity index (χ2v) is 9.85. The van der Waals surface area contributed by atoms with E-state index in [4.69, 9.17) is 0 Å². The molecule has 0 radical (unpaired) electrons. The number of amides is 1. The molecule has 0 saturated carbocycles. The summed E-state index contributed by atoms with van der Waals surface area (Å²) in [5, 5.41) is 2.92. The van der Waals surface area contributed by atoms with Crippen molar-refractivity contribution in [3.63, 3.8) is 0 Å². The molecule has 6 nitrogen and oxygen atoms in total.